The average molecular weight is 409 g/mol. The van der Waals surface area contributed by atoms with Crippen LogP contribution in [0, 0.1) is 4.77 Å². The van der Waals surface area contributed by atoms with Crippen LogP contribution in [0.2, 0.25) is 0 Å². The maximum atomic E-state index is 5.44. The molecule has 1 aromatic carbocycles. The molecule has 0 aliphatic carbocycles. The first kappa shape index (κ1) is 19.3. The van der Waals surface area contributed by atoms with Gasteiger partial charge in [-0.15, -0.1) is 0 Å². The number of rotatable bonds is 10. The van der Waals surface area contributed by atoms with E-state index >= 15 is 0 Å². The van der Waals surface area contributed by atoms with Crippen LogP contribution in [0.25, 0.3) is 11.4 Å². The van der Waals surface area contributed by atoms with Gasteiger partial charge in [0.25, 0.3) is 0 Å². The molecule has 0 aliphatic rings. The Morgan fingerprint density at radius 3 is 2.24 bits per heavy atom. The average Bonchev–Trinajstić information content (AvgIpc) is 3.50. The molecule has 9 heteroatoms. The minimum absolute atomic E-state index is 0.663. The number of nitrogens with zero attached hydrogens (tertiary/aromatic N) is 5. The Morgan fingerprint density at radius 2 is 1.62 bits per heavy atom. The molecule has 3 N–H and O–H groups in total. The summed E-state index contributed by atoms with van der Waals surface area (Å²) in [6.07, 6.45) is 9.23. The zero-order valence-electron chi connectivity index (χ0n) is 16.1. The van der Waals surface area contributed by atoms with Crippen molar-refractivity contribution >= 4 is 12.2 Å². The third-order valence-corrected chi connectivity index (χ3v) is 5.11. The molecule has 0 spiro atoms. The van der Waals surface area contributed by atoms with E-state index in [1.807, 2.05) is 30.6 Å². The van der Waals surface area contributed by atoms with Gasteiger partial charge in [0, 0.05) is 49.0 Å². The molecule has 0 saturated heterocycles. The van der Waals surface area contributed by atoms with Crippen molar-refractivity contribution in [3.8, 4) is 11.4 Å². The Kier molecular flexibility index (Phi) is 6.28. The van der Waals surface area contributed by atoms with Crippen molar-refractivity contribution < 1.29 is 0 Å². The number of hydrogen-bond donors (Lipinski definition) is 3. The van der Waals surface area contributed by atoms with Crippen LogP contribution in [0.5, 0.6) is 0 Å². The number of nitrogens with one attached hydrogen (secondary N) is 3. The molecule has 3 heterocycles. The van der Waals surface area contributed by atoms with Gasteiger partial charge in [0.1, 0.15) is 0 Å². The van der Waals surface area contributed by atoms with Crippen LogP contribution in [-0.2, 0) is 19.6 Å². The third-order valence-electron chi connectivity index (χ3n) is 4.79. The Hall–Kier alpha value is -3.04. The van der Waals surface area contributed by atoms with Gasteiger partial charge in [-0.25, -0.2) is 9.97 Å². The second-order valence-corrected chi connectivity index (χ2v) is 7.33. The third kappa shape index (κ3) is 5.07. The lowest BCUT2D eigenvalue weighted by Crippen LogP contribution is -2.24. The number of imidazole rings is 2. The van der Waals surface area contributed by atoms with Crippen molar-refractivity contribution in [2.45, 2.75) is 32.5 Å². The van der Waals surface area contributed by atoms with Crippen molar-refractivity contribution in [3.05, 3.63) is 71.5 Å². The van der Waals surface area contributed by atoms with Crippen molar-refractivity contribution in [2.75, 3.05) is 6.54 Å². The van der Waals surface area contributed by atoms with Gasteiger partial charge in [0.2, 0.25) is 0 Å². The molecule has 0 saturated carbocycles. The Balaban J connectivity index is 1.36. The van der Waals surface area contributed by atoms with Crippen molar-refractivity contribution in [2.24, 2.45) is 0 Å². The summed E-state index contributed by atoms with van der Waals surface area (Å²) >= 11 is 5.44. The molecule has 0 fully saturated rings. The highest BCUT2D eigenvalue weighted by atomic mass is 32.1. The fourth-order valence-electron chi connectivity index (χ4n) is 3.38. The van der Waals surface area contributed by atoms with E-state index < -0.39 is 0 Å². The van der Waals surface area contributed by atoms with Gasteiger partial charge in [-0.2, -0.15) is 5.10 Å². The number of H-pyrrole nitrogens is 3. The number of hydrogen-bond acceptors (Lipinski definition) is 5. The highest BCUT2D eigenvalue weighted by Gasteiger charge is 2.11. The van der Waals surface area contributed by atoms with Crippen LogP contribution in [-0.4, -0.2) is 46.1 Å². The lowest BCUT2D eigenvalue weighted by molar-refractivity contribution is 0.244. The molecule has 8 nitrogen and oxygen atoms in total. The second-order valence-electron chi connectivity index (χ2n) is 6.94. The lowest BCUT2D eigenvalue weighted by Gasteiger charge is -2.21. The van der Waals surface area contributed by atoms with E-state index in [-0.39, 0.29) is 0 Å². The summed E-state index contributed by atoms with van der Waals surface area (Å²) in [6, 6.07) is 10.1. The van der Waals surface area contributed by atoms with Gasteiger partial charge in [-0.3, -0.25) is 10.00 Å². The molecule has 150 valence electrons. The first-order chi connectivity index (χ1) is 14.3. The zero-order chi connectivity index (χ0) is 19.9. The molecule has 4 rings (SSSR count). The van der Waals surface area contributed by atoms with E-state index in [1.54, 1.807) is 12.7 Å². The van der Waals surface area contributed by atoms with E-state index in [2.05, 4.69) is 51.7 Å². The molecule has 0 bridgehead atoms. The maximum absolute atomic E-state index is 5.44. The van der Waals surface area contributed by atoms with Crippen LogP contribution < -0.4 is 0 Å². The molecule has 0 aliphatic heterocycles. The van der Waals surface area contributed by atoms with E-state index in [9.17, 15) is 0 Å². The van der Waals surface area contributed by atoms with Crippen LogP contribution in [0.4, 0.5) is 0 Å². The quantitative estimate of drug-likeness (QED) is 0.276. The predicted octanol–water partition coefficient (Wildman–Crippen LogP) is 3.54. The minimum atomic E-state index is 0.663. The van der Waals surface area contributed by atoms with E-state index in [4.69, 9.17) is 12.2 Å². The predicted molar refractivity (Wildman–Crippen MR) is 113 cm³/mol. The summed E-state index contributed by atoms with van der Waals surface area (Å²) in [5.41, 5.74) is 3.28. The van der Waals surface area contributed by atoms with Crippen molar-refractivity contribution in [3.63, 3.8) is 0 Å². The lowest BCUT2D eigenvalue weighted by atomic mass is 10.2. The fourth-order valence-corrected chi connectivity index (χ4v) is 3.60. The zero-order valence-corrected chi connectivity index (χ0v) is 16.9. The van der Waals surface area contributed by atoms with Gasteiger partial charge in [0.15, 0.2) is 10.6 Å². The molecule has 0 radical (unpaired) electrons. The summed E-state index contributed by atoms with van der Waals surface area (Å²) in [5.74, 6) is 0.891. The van der Waals surface area contributed by atoms with E-state index in [1.165, 1.54) is 0 Å². The molecule has 0 atom stereocenters. The summed E-state index contributed by atoms with van der Waals surface area (Å²) < 4.78 is 2.74. The molecule has 0 unspecified atom stereocenters. The second kappa shape index (κ2) is 9.44. The topological polar surface area (TPSA) is 94.2 Å². The van der Waals surface area contributed by atoms with Crippen molar-refractivity contribution in [1.29, 1.82) is 0 Å². The molecular formula is C20H24N8S. The number of aromatic amines is 3. The molecular weight excluding hydrogens is 384 g/mol. The molecule has 0 amide bonds. The number of aromatic nitrogens is 7. The Bertz CT molecular complexity index is 998. The van der Waals surface area contributed by atoms with E-state index in [0.717, 1.165) is 61.8 Å². The van der Waals surface area contributed by atoms with Crippen LogP contribution in [0.3, 0.4) is 0 Å². The molecule has 29 heavy (non-hydrogen) atoms. The van der Waals surface area contributed by atoms with Crippen LogP contribution in [0.15, 0.2) is 55.4 Å². The first-order valence-electron chi connectivity index (χ1n) is 9.67. The normalized spacial score (nSPS) is 11.3. The largest absolute Gasteiger partial charge is 0.347 e. The molecule has 3 aromatic heterocycles. The van der Waals surface area contributed by atoms with Gasteiger partial charge < -0.3 is 14.5 Å². The van der Waals surface area contributed by atoms with Crippen molar-refractivity contribution in [1.82, 2.24) is 39.6 Å². The first-order valence-corrected chi connectivity index (χ1v) is 10.1. The Morgan fingerprint density at radius 1 is 0.931 bits per heavy atom. The minimum Gasteiger partial charge on any atom is -0.347 e. The Labute approximate surface area is 174 Å². The monoisotopic (exact) mass is 408 g/mol. The van der Waals surface area contributed by atoms with Crippen LogP contribution in [0.1, 0.15) is 24.2 Å². The smallest absolute Gasteiger partial charge is 0.195 e. The fraction of sp³-hybridized carbons (Fsp3) is 0.300. The summed E-state index contributed by atoms with van der Waals surface area (Å²) in [5, 5.41) is 7.34. The van der Waals surface area contributed by atoms with Gasteiger partial charge in [0.05, 0.1) is 12.7 Å². The SMILES string of the molecule is S=c1[nH]nc(-c2ccccc2)n1CCCCN(Cc1cnc[nH]1)Cc1cnc[nH]1. The summed E-state index contributed by atoms with van der Waals surface area (Å²) in [4.78, 5) is 17.0. The highest BCUT2D eigenvalue weighted by Crippen LogP contribution is 2.17. The van der Waals surface area contributed by atoms with Gasteiger partial charge in [-0.05, 0) is 31.6 Å². The maximum Gasteiger partial charge on any atom is 0.195 e. The number of unbranched alkanes of at least 4 members (excludes halogenated alkanes) is 1. The summed E-state index contributed by atoms with van der Waals surface area (Å²) in [7, 11) is 0. The van der Waals surface area contributed by atoms with E-state index in [0.29, 0.717) is 4.77 Å². The van der Waals surface area contributed by atoms with Crippen LogP contribution >= 0.6 is 12.2 Å². The number of benzene rings is 1. The standard InChI is InChI=1S/C20H24N8S/c29-20-26-25-19(16-6-2-1-3-7-16)28(20)9-5-4-8-27(12-17-10-21-14-23-17)13-18-11-22-15-24-18/h1-3,6-7,10-11,14-15H,4-5,8-9,12-13H2,(H,21,23)(H,22,24)(H,26,29). The highest BCUT2D eigenvalue weighted by molar-refractivity contribution is 7.71. The van der Waals surface area contributed by atoms with Gasteiger partial charge in [-0.1, -0.05) is 30.3 Å². The molecule has 4 aromatic rings. The summed E-state index contributed by atoms with van der Waals surface area (Å²) in [6.45, 7) is 3.43. The van der Waals surface area contributed by atoms with Gasteiger partial charge >= 0.3 is 0 Å².